The molecule has 0 saturated carbocycles. The number of anilines is 2. The van der Waals surface area contributed by atoms with Crippen LogP contribution in [0.1, 0.15) is 94.7 Å². The highest BCUT2D eigenvalue weighted by molar-refractivity contribution is 6.11. The SMILES string of the molecule is Cc1ccc2c(c1)c1cc(C)ccc1n2-c1cc2c(c3ccccc13)C1C=CC(N(c3ccc(C(C)(C)C)cc3)c3ccc(C(C)(C)C)cc3)=CC1C2(C)C. The monoisotopic (exact) mass is 718 g/mol. The molecule has 55 heavy (non-hydrogen) atoms. The highest BCUT2D eigenvalue weighted by Gasteiger charge is 2.47. The fourth-order valence-electron chi connectivity index (χ4n) is 9.56. The Labute approximate surface area is 327 Å². The van der Waals surface area contributed by atoms with E-state index in [1.807, 2.05) is 0 Å². The highest BCUT2D eigenvalue weighted by atomic mass is 15.1. The average Bonchev–Trinajstić information content (AvgIpc) is 3.58. The van der Waals surface area contributed by atoms with Crippen molar-refractivity contribution >= 4 is 44.0 Å². The summed E-state index contributed by atoms with van der Waals surface area (Å²) in [6, 6.07) is 44.0. The van der Waals surface area contributed by atoms with Crippen LogP contribution in [0.4, 0.5) is 11.4 Å². The van der Waals surface area contributed by atoms with E-state index in [9.17, 15) is 0 Å². The van der Waals surface area contributed by atoms with E-state index in [0.29, 0.717) is 0 Å². The molecule has 0 N–H and O–H groups in total. The molecule has 0 saturated heterocycles. The van der Waals surface area contributed by atoms with Gasteiger partial charge in [0, 0.05) is 39.1 Å². The molecule has 0 amide bonds. The summed E-state index contributed by atoms with van der Waals surface area (Å²) in [7, 11) is 0. The van der Waals surface area contributed by atoms with Crippen LogP contribution in [0.15, 0.2) is 139 Å². The maximum absolute atomic E-state index is 2.58. The third-order valence-corrected chi connectivity index (χ3v) is 12.7. The van der Waals surface area contributed by atoms with Crippen molar-refractivity contribution in [1.82, 2.24) is 4.57 Å². The molecule has 2 aliphatic carbocycles. The van der Waals surface area contributed by atoms with Crippen molar-refractivity contribution in [3.63, 3.8) is 0 Å². The molecule has 6 aromatic carbocycles. The Bertz CT molecular complexity index is 2580. The van der Waals surface area contributed by atoms with Crippen molar-refractivity contribution in [2.75, 3.05) is 4.90 Å². The van der Waals surface area contributed by atoms with Gasteiger partial charge in [0.15, 0.2) is 0 Å². The van der Waals surface area contributed by atoms with Gasteiger partial charge in [0.1, 0.15) is 0 Å². The number of allylic oxidation sites excluding steroid dienone is 3. The third-order valence-electron chi connectivity index (χ3n) is 12.7. The van der Waals surface area contributed by atoms with Gasteiger partial charge in [-0.1, -0.05) is 139 Å². The van der Waals surface area contributed by atoms with Crippen molar-refractivity contribution in [3.05, 3.63) is 173 Å². The van der Waals surface area contributed by atoms with Crippen LogP contribution in [0.5, 0.6) is 0 Å². The van der Waals surface area contributed by atoms with E-state index in [1.54, 1.807) is 0 Å². The number of benzene rings is 6. The second kappa shape index (κ2) is 12.3. The lowest BCUT2D eigenvalue weighted by Crippen LogP contribution is -2.28. The molecule has 2 aliphatic rings. The summed E-state index contributed by atoms with van der Waals surface area (Å²) >= 11 is 0. The second-order valence-electron chi connectivity index (χ2n) is 18.9. The summed E-state index contributed by atoms with van der Waals surface area (Å²) in [4.78, 5) is 2.47. The zero-order valence-electron chi connectivity index (χ0n) is 34.3. The summed E-state index contributed by atoms with van der Waals surface area (Å²) in [5, 5.41) is 5.30. The molecule has 0 spiro atoms. The van der Waals surface area contributed by atoms with E-state index in [1.165, 1.54) is 88.7 Å². The van der Waals surface area contributed by atoms with E-state index in [2.05, 4.69) is 212 Å². The minimum atomic E-state index is -0.113. The molecule has 2 unspecified atom stereocenters. The van der Waals surface area contributed by atoms with Gasteiger partial charge in [-0.25, -0.2) is 0 Å². The fraction of sp³-hybridized carbons (Fsp3) is 0.283. The molecular weight excluding hydrogens is 665 g/mol. The standard InChI is InChI=1S/C53H54N2/c1-33-15-27-47-43(29-33)44-30-34(2)16-28-48(44)55(47)49-32-46-50(41-14-12-11-13-40(41)49)42-26-25-39(31-45(42)53(46,9)10)54(37-21-17-35(18-22-37)51(3,4)5)38-23-19-36(20-24-38)52(6,7)8/h11-32,42,45H,1-10H3. The van der Waals surface area contributed by atoms with Gasteiger partial charge in [-0.15, -0.1) is 0 Å². The number of fused-ring (bicyclic) bond motifs is 8. The Kier molecular flexibility index (Phi) is 7.93. The molecular formula is C53H54N2. The molecule has 7 aromatic rings. The van der Waals surface area contributed by atoms with Crippen LogP contribution in [0.25, 0.3) is 38.3 Å². The zero-order chi connectivity index (χ0) is 38.6. The summed E-state index contributed by atoms with van der Waals surface area (Å²) in [5.74, 6) is 0.569. The Morgan fingerprint density at radius 1 is 0.582 bits per heavy atom. The molecule has 2 nitrogen and oxygen atoms in total. The average molecular weight is 719 g/mol. The van der Waals surface area contributed by atoms with Crippen LogP contribution in [-0.4, -0.2) is 4.57 Å². The van der Waals surface area contributed by atoms with E-state index < -0.39 is 0 Å². The van der Waals surface area contributed by atoms with Gasteiger partial charge in [0.05, 0.1) is 16.7 Å². The Balaban J connectivity index is 1.22. The summed E-state index contributed by atoms with van der Waals surface area (Å²) in [5.41, 5.74) is 15.6. The van der Waals surface area contributed by atoms with Crippen LogP contribution in [-0.2, 0) is 16.2 Å². The van der Waals surface area contributed by atoms with Gasteiger partial charge in [-0.05, 0) is 124 Å². The number of nitrogens with zero attached hydrogens (tertiary/aromatic N) is 2. The predicted molar refractivity (Wildman–Crippen MR) is 237 cm³/mol. The number of rotatable bonds is 4. The Morgan fingerprint density at radius 3 is 1.60 bits per heavy atom. The summed E-state index contributed by atoms with van der Waals surface area (Å²) in [6.45, 7) is 23.1. The molecule has 2 heteroatoms. The first-order valence-corrected chi connectivity index (χ1v) is 20.1. The lowest BCUT2D eigenvalue weighted by atomic mass is 9.74. The van der Waals surface area contributed by atoms with Gasteiger partial charge in [-0.2, -0.15) is 0 Å². The van der Waals surface area contributed by atoms with Crippen LogP contribution in [0, 0.1) is 19.8 Å². The summed E-state index contributed by atoms with van der Waals surface area (Å²) < 4.78 is 2.53. The number of hydrogen-bond acceptors (Lipinski definition) is 1. The van der Waals surface area contributed by atoms with Gasteiger partial charge >= 0.3 is 0 Å². The van der Waals surface area contributed by atoms with Gasteiger partial charge < -0.3 is 9.47 Å². The third kappa shape index (κ3) is 5.67. The topological polar surface area (TPSA) is 8.17 Å². The van der Waals surface area contributed by atoms with E-state index in [4.69, 9.17) is 0 Å². The first kappa shape index (κ1) is 35.4. The van der Waals surface area contributed by atoms with Crippen molar-refractivity contribution < 1.29 is 0 Å². The summed E-state index contributed by atoms with van der Waals surface area (Å²) in [6.07, 6.45) is 7.48. The van der Waals surface area contributed by atoms with E-state index >= 15 is 0 Å². The van der Waals surface area contributed by atoms with Crippen LogP contribution in [0.2, 0.25) is 0 Å². The lowest BCUT2D eigenvalue weighted by Gasteiger charge is -2.35. The van der Waals surface area contributed by atoms with Gasteiger partial charge in [-0.3, -0.25) is 0 Å². The quantitative estimate of drug-likeness (QED) is 0.176. The molecule has 1 aromatic heterocycles. The maximum Gasteiger partial charge on any atom is 0.0543 e. The number of aromatic nitrogens is 1. The molecule has 0 radical (unpaired) electrons. The first-order chi connectivity index (χ1) is 26.1. The Morgan fingerprint density at radius 2 is 1.09 bits per heavy atom. The minimum absolute atomic E-state index is 0.0906. The molecule has 0 bridgehead atoms. The highest BCUT2D eigenvalue weighted by Crippen LogP contribution is 2.57. The largest absolute Gasteiger partial charge is 0.311 e. The molecule has 1 heterocycles. The van der Waals surface area contributed by atoms with Crippen LogP contribution in [0.3, 0.4) is 0 Å². The number of aryl methyl sites for hydroxylation is 2. The van der Waals surface area contributed by atoms with E-state index in [-0.39, 0.29) is 28.1 Å². The molecule has 9 rings (SSSR count). The first-order valence-electron chi connectivity index (χ1n) is 20.1. The second-order valence-corrected chi connectivity index (χ2v) is 18.9. The lowest BCUT2D eigenvalue weighted by molar-refractivity contribution is 0.392. The normalized spacial score (nSPS) is 17.8. The predicted octanol–water partition coefficient (Wildman–Crippen LogP) is 14.4. The Hall–Kier alpha value is -5.34. The molecule has 276 valence electrons. The fourth-order valence-corrected chi connectivity index (χ4v) is 9.56. The van der Waals surface area contributed by atoms with Crippen molar-refractivity contribution in [1.29, 1.82) is 0 Å². The van der Waals surface area contributed by atoms with Crippen molar-refractivity contribution in [3.8, 4) is 5.69 Å². The molecule has 0 aliphatic heterocycles. The number of hydrogen-bond donors (Lipinski definition) is 0. The van der Waals surface area contributed by atoms with Crippen molar-refractivity contribution in [2.24, 2.45) is 5.92 Å². The zero-order valence-corrected chi connectivity index (χ0v) is 34.3. The molecule has 2 atom stereocenters. The molecule has 0 fully saturated rings. The van der Waals surface area contributed by atoms with Crippen molar-refractivity contribution in [2.45, 2.75) is 91.4 Å². The van der Waals surface area contributed by atoms with E-state index in [0.717, 1.165) is 0 Å². The maximum atomic E-state index is 2.58. The van der Waals surface area contributed by atoms with Crippen LogP contribution >= 0.6 is 0 Å². The van der Waals surface area contributed by atoms with Crippen LogP contribution < -0.4 is 4.90 Å². The van der Waals surface area contributed by atoms with Gasteiger partial charge in [0.2, 0.25) is 0 Å². The van der Waals surface area contributed by atoms with Gasteiger partial charge in [0.25, 0.3) is 0 Å². The smallest absolute Gasteiger partial charge is 0.0543 e. The minimum Gasteiger partial charge on any atom is -0.311 e.